The summed E-state index contributed by atoms with van der Waals surface area (Å²) < 4.78 is 0. The van der Waals surface area contributed by atoms with Crippen LogP contribution in [0.2, 0.25) is 0 Å². The zero-order valence-electron chi connectivity index (χ0n) is 32.8. The molecule has 11 rings (SSSR count). The lowest BCUT2D eigenvalue weighted by Gasteiger charge is -2.34. The summed E-state index contributed by atoms with van der Waals surface area (Å²) in [7, 11) is 0. The first kappa shape index (κ1) is 32.7. The Kier molecular flexibility index (Phi) is 6.64. The van der Waals surface area contributed by atoms with Gasteiger partial charge >= 0.3 is 0 Å². The van der Waals surface area contributed by atoms with Crippen molar-refractivity contribution in [2.45, 2.75) is 70.6 Å². The Balaban J connectivity index is 1.04. The van der Waals surface area contributed by atoms with Crippen LogP contribution in [0.5, 0.6) is 0 Å². The lowest BCUT2D eigenvalue weighted by atomic mass is 9.69. The van der Waals surface area contributed by atoms with Gasteiger partial charge in [0.2, 0.25) is 0 Å². The summed E-state index contributed by atoms with van der Waals surface area (Å²) in [6.07, 6.45) is 2.03. The summed E-state index contributed by atoms with van der Waals surface area (Å²) >= 11 is 0. The molecule has 0 amide bonds. The van der Waals surface area contributed by atoms with Gasteiger partial charge in [0.1, 0.15) is 0 Å². The van der Waals surface area contributed by atoms with E-state index in [1.165, 1.54) is 109 Å². The second kappa shape index (κ2) is 11.2. The average Bonchev–Trinajstić information content (AvgIpc) is 3.46. The molecule has 0 heteroatoms. The number of hydrogen-bond acceptors (Lipinski definition) is 0. The molecule has 0 saturated heterocycles. The fraction of sp³-hybridized carbons (Fsp3) is 0.200. The van der Waals surface area contributed by atoms with Gasteiger partial charge in [0, 0.05) is 16.2 Å². The molecular weight excluding hydrogens is 661 g/mol. The number of hydrogen-bond donors (Lipinski definition) is 0. The maximum Gasteiger partial charge on any atom is 0.0178 e. The number of fused-ring (bicyclic) bond motifs is 3. The molecule has 0 heterocycles. The van der Waals surface area contributed by atoms with Gasteiger partial charge in [-0.2, -0.15) is 0 Å². The largest absolute Gasteiger partial charge is 0.0642 e. The third-order valence-corrected chi connectivity index (χ3v) is 14.6. The van der Waals surface area contributed by atoms with E-state index in [0.717, 1.165) is 12.8 Å². The molecule has 2 atom stereocenters. The van der Waals surface area contributed by atoms with Crippen LogP contribution in [0.25, 0.3) is 75.8 Å². The normalized spacial score (nSPS) is 16.0. The van der Waals surface area contributed by atoms with Gasteiger partial charge in [-0.3, -0.25) is 0 Å². The van der Waals surface area contributed by atoms with E-state index in [1.54, 1.807) is 0 Å². The highest BCUT2D eigenvalue weighted by atomic mass is 14.4. The van der Waals surface area contributed by atoms with Crippen molar-refractivity contribution in [1.82, 2.24) is 0 Å². The molecule has 1 aliphatic rings. The molecule has 0 aromatic heterocycles. The van der Waals surface area contributed by atoms with Gasteiger partial charge in [0.05, 0.1) is 0 Å². The van der Waals surface area contributed by atoms with Crippen molar-refractivity contribution in [3.05, 3.63) is 179 Å². The SMILES string of the molecule is CCC(C)(c1ccc2c(c1)C(C)(C)c1cc(C(C)(CC)c3ccc4ccc5cccc6ccc3c4c56)ccc1-2)c1ccc2ccc3cccc4ccc1c2c34. The predicted octanol–water partition coefficient (Wildman–Crippen LogP) is 15.2. The third-order valence-electron chi connectivity index (χ3n) is 14.6. The van der Waals surface area contributed by atoms with Gasteiger partial charge in [0.25, 0.3) is 0 Å². The van der Waals surface area contributed by atoms with Gasteiger partial charge in [-0.15, -0.1) is 0 Å². The van der Waals surface area contributed by atoms with Crippen LogP contribution in [-0.2, 0) is 16.2 Å². The quantitative estimate of drug-likeness (QED) is 0.151. The Hall–Kier alpha value is -5.72. The molecule has 1 aliphatic carbocycles. The van der Waals surface area contributed by atoms with Crippen molar-refractivity contribution in [1.29, 1.82) is 0 Å². The fourth-order valence-electron chi connectivity index (χ4n) is 11.0. The first-order valence-electron chi connectivity index (χ1n) is 20.3. The van der Waals surface area contributed by atoms with Crippen molar-refractivity contribution in [2.24, 2.45) is 0 Å². The highest BCUT2D eigenvalue weighted by Gasteiger charge is 2.40. The molecule has 0 nitrogen and oxygen atoms in total. The molecule has 2 unspecified atom stereocenters. The van der Waals surface area contributed by atoms with Gasteiger partial charge in [-0.1, -0.05) is 187 Å². The van der Waals surface area contributed by atoms with Crippen LogP contribution in [0.4, 0.5) is 0 Å². The van der Waals surface area contributed by atoms with Crippen molar-refractivity contribution in [2.75, 3.05) is 0 Å². The molecule has 0 N–H and O–H groups in total. The maximum absolute atomic E-state index is 2.57. The number of rotatable bonds is 6. The van der Waals surface area contributed by atoms with Crippen molar-refractivity contribution >= 4 is 64.6 Å². The Bertz CT molecular complexity index is 2930. The van der Waals surface area contributed by atoms with E-state index < -0.39 is 0 Å². The van der Waals surface area contributed by atoms with Crippen LogP contribution in [-0.4, -0.2) is 0 Å². The zero-order valence-corrected chi connectivity index (χ0v) is 32.8. The summed E-state index contributed by atoms with van der Waals surface area (Å²) in [5.74, 6) is 0. The first-order chi connectivity index (χ1) is 26.7. The van der Waals surface area contributed by atoms with Gasteiger partial charge in [-0.25, -0.2) is 0 Å². The maximum atomic E-state index is 2.57. The predicted molar refractivity (Wildman–Crippen MR) is 238 cm³/mol. The smallest absolute Gasteiger partial charge is 0.0178 e. The standard InChI is InChI=1S/C55H46/c1-7-54(5,45-29-21-37-17-15-33-11-9-13-35-19-25-43(45)51(37)49(33)35)39-23-27-41-42-28-24-40(32-48(42)53(3,4)47(41)31-39)55(6,8-2)46-30-22-38-18-16-34-12-10-14-36-20-26-44(46)52(38)50(34)36/h9-32H,7-8H2,1-6H3. The molecule has 0 aliphatic heterocycles. The third kappa shape index (κ3) is 4.23. The van der Waals surface area contributed by atoms with E-state index in [2.05, 4.69) is 187 Å². The minimum Gasteiger partial charge on any atom is -0.0642 e. The lowest BCUT2D eigenvalue weighted by Crippen LogP contribution is -2.25. The van der Waals surface area contributed by atoms with E-state index in [-0.39, 0.29) is 16.2 Å². The second-order valence-corrected chi connectivity index (χ2v) is 17.5. The Morgan fingerprint density at radius 3 is 1.13 bits per heavy atom. The van der Waals surface area contributed by atoms with Crippen LogP contribution in [0.3, 0.4) is 0 Å². The summed E-state index contributed by atoms with van der Waals surface area (Å²) in [6.45, 7) is 14.6. The van der Waals surface area contributed by atoms with Crippen LogP contribution in [0, 0.1) is 0 Å². The summed E-state index contributed by atoms with van der Waals surface area (Å²) in [5, 5.41) is 16.3. The molecule has 10 aromatic carbocycles. The summed E-state index contributed by atoms with van der Waals surface area (Å²) in [4.78, 5) is 0. The average molecular weight is 707 g/mol. The highest BCUT2D eigenvalue weighted by Crippen LogP contribution is 2.53. The monoisotopic (exact) mass is 706 g/mol. The summed E-state index contributed by atoms with van der Waals surface area (Å²) in [6, 6.07) is 56.4. The fourth-order valence-corrected chi connectivity index (χ4v) is 11.0. The molecule has 0 bridgehead atoms. The Labute approximate surface area is 324 Å². The Morgan fingerprint density at radius 2 is 0.745 bits per heavy atom. The molecular formula is C55H46. The van der Waals surface area contributed by atoms with Crippen molar-refractivity contribution < 1.29 is 0 Å². The molecule has 266 valence electrons. The molecule has 0 radical (unpaired) electrons. The minimum absolute atomic E-state index is 0.134. The van der Waals surface area contributed by atoms with E-state index in [0.29, 0.717) is 0 Å². The van der Waals surface area contributed by atoms with Crippen molar-refractivity contribution in [3.8, 4) is 11.1 Å². The van der Waals surface area contributed by atoms with Gasteiger partial charge in [0.15, 0.2) is 0 Å². The highest BCUT2D eigenvalue weighted by molar-refractivity contribution is 6.25. The number of benzene rings is 10. The van der Waals surface area contributed by atoms with Crippen LogP contribution >= 0.6 is 0 Å². The lowest BCUT2D eigenvalue weighted by molar-refractivity contribution is 0.548. The topological polar surface area (TPSA) is 0 Å². The zero-order chi connectivity index (χ0) is 37.4. The van der Waals surface area contributed by atoms with E-state index in [9.17, 15) is 0 Å². The molecule has 0 spiro atoms. The van der Waals surface area contributed by atoms with Gasteiger partial charge < -0.3 is 0 Å². The first-order valence-corrected chi connectivity index (χ1v) is 20.3. The molecule has 55 heavy (non-hydrogen) atoms. The second-order valence-electron chi connectivity index (χ2n) is 17.5. The molecule has 10 aromatic rings. The summed E-state index contributed by atoms with van der Waals surface area (Å²) in [5.41, 5.74) is 10.8. The van der Waals surface area contributed by atoms with E-state index >= 15 is 0 Å². The minimum atomic E-state index is -0.150. The molecule has 0 fully saturated rings. The Morgan fingerprint density at radius 1 is 0.400 bits per heavy atom. The van der Waals surface area contributed by atoms with Crippen LogP contribution in [0.1, 0.15) is 87.8 Å². The van der Waals surface area contributed by atoms with Crippen LogP contribution in [0.15, 0.2) is 146 Å². The van der Waals surface area contributed by atoms with Crippen LogP contribution < -0.4 is 0 Å². The van der Waals surface area contributed by atoms with E-state index in [4.69, 9.17) is 0 Å². The molecule has 0 saturated carbocycles. The van der Waals surface area contributed by atoms with Gasteiger partial charge in [-0.05, 0) is 122 Å². The van der Waals surface area contributed by atoms with Crippen molar-refractivity contribution in [3.63, 3.8) is 0 Å². The van der Waals surface area contributed by atoms with E-state index in [1.807, 2.05) is 0 Å².